The van der Waals surface area contributed by atoms with E-state index in [1.54, 1.807) is 25.1 Å². The number of ether oxygens (including phenoxy) is 2. The highest BCUT2D eigenvalue weighted by molar-refractivity contribution is 5.99. The lowest BCUT2D eigenvalue weighted by molar-refractivity contribution is 0.0149. The van der Waals surface area contributed by atoms with E-state index in [0.717, 1.165) is 0 Å². The van der Waals surface area contributed by atoms with Crippen LogP contribution in [-0.4, -0.2) is 23.8 Å². The highest BCUT2D eigenvalue weighted by Crippen LogP contribution is 2.29. The fraction of sp³-hybridized carbons (Fsp3) is 0.308. The first-order valence-corrected chi connectivity index (χ1v) is 5.38. The zero-order chi connectivity index (χ0) is 12.4. The summed E-state index contributed by atoms with van der Waals surface area (Å²) in [6, 6.07) is 4.92. The molecule has 1 aliphatic heterocycles. The molecule has 0 spiro atoms. The predicted octanol–water partition coefficient (Wildman–Crippen LogP) is 1.93. The third-order valence-electron chi connectivity index (χ3n) is 2.51. The number of rotatable bonds is 3. The van der Waals surface area contributed by atoms with Crippen molar-refractivity contribution >= 4 is 5.78 Å². The van der Waals surface area contributed by atoms with Gasteiger partial charge in [0.15, 0.2) is 5.78 Å². The Labute approximate surface area is 99.5 Å². The molecule has 1 N–H and O–H groups in total. The molecule has 0 saturated heterocycles. The van der Waals surface area contributed by atoms with Gasteiger partial charge in [-0.2, -0.15) is 0 Å². The molecule has 1 unspecified atom stereocenters. The Morgan fingerprint density at radius 3 is 3.06 bits per heavy atom. The Morgan fingerprint density at radius 2 is 2.35 bits per heavy atom. The molecule has 17 heavy (non-hydrogen) atoms. The summed E-state index contributed by atoms with van der Waals surface area (Å²) >= 11 is 0. The van der Waals surface area contributed by atoms with Crippen LogP contribution in [0.3, 0.4) is 0 Å². The number of hydrogen-bond acceptors (Lipinski definition) is 4. The molecule has 4 heteroatoms. The summed E-state index contributed by atoms with van der Waals surface area (Å²) in [5, 5.41) is 9.51. The molecular weight excluding hydrogens is 220 g/mol. The van der Waals surface area contributed by atoms with Gasteiger partial charge in [0.05, 0.1) is 12.2 Å². The standard InChI is InChI=1S/C13H14O4/c1-8(2)13(15)17-9-3-4-12-10(7-9)11(14)5-6-16-12/h3-4,7,13,15H,1,5-6H2,2H3. The molecular formula is C13H14O4. The van der Waals surface area contributed by atoms with Crippen molar-refractivity contribution in [1.29, 1.82) is 0 Å². The molecule has 1 aromatic rings. The molecule has 0 fully saturated rings. The van der Waals surface area contributed by atoms with Gasteiger partial charge in [0.1, 0.15) is 11.5 Å². The molecule has 1 heterocycles. The third kappa shape index (κ3) is 2.47. The minimum absolute atomic E-state index is 0.0292. The second-order valence-corrected chi connectivity index (χ2v) is 4.00. The summed E-state index contributed by atoms with van der Waals surface area (Å²) in [7, 11) is 0. The topological polar surface area (TPSA) is 55.8 Å². The van der Waals surface area contributed by atoms with Crippen molar-refractivity contribution in [1.82, 2.24) is 0 Å². The van der Waals surface area contributed by atoms with Crippen molar-refractivity contribution < 1.29 is 19.4 Å². The zero-order valence-corrected chi connectivity index (χ0v) is 9.60. The minimum atomic E-state index is -1.06. The molecule has 1 aliphatic rings. The number of benzene rings is 1. The van der Waals surface area contributed by atoms with Crippen LogP contribution in [0.5, 0.6) is 11.5 Å². The number of aliphatic hydroxyl groups is 1. The maximum Gasteiger partial charge on any atom is 0.219 e. The lowest BCUT2D eigenvalue weighted by atomic mass is 10.0. The van der Waals surface area contributed by atoms with E-state index in [9.17, 15) is 9.90 Å². The summed E-state index contributed by atoms with van der Waals surface area (Å²) in [6.07, 6.45) is -0.688. The van der Waals surface area contributed by atoms with Gasteiger partial charge in [-0.25, -0.2) is 0 Å². The number of fused-ring (bicyclic) bond motifs is 1. The average Bonchev–Trinajstić information content (AvgIpc) is 2.30. The van der Waals surface area contributed by atoms with Gasteiger partial charge in [-0.15, -0.1) is 0 Å². The second kappa shape index (κ2) is 4.59. The summed E-state index contributed by atoms with van der Waals surface area (Å²) in [4.78, 5) is 11.6. The van der Waals surface area contributed by atoms with E-state index < -0.39 is 6.29 Å². The van der Waals surface area contributed by atoms with Crippen molar-refractivity contribution in [2.45, 2.75) is 19.6 Å². The van der Waals surface area contributed by atoms with Gasteiger partial charge in [0, 0.05) is 6.42 Å². The van der Waals surface area contributed by atoms with Crippen LogP contribution >= 0.6 is 0 Å². The van der Waals surface area contributed by atoms with Crippen LogP contribution in [0.1, 0.15) is 23.7 Å². The predicted molar refractivity (Wildman–Crippen MR) is 62.3 cm³/mol. The third-order valence-corrected chi connectivity index (χ3v) is 2.51. The number of Topliss-reactive ketones (excluding diaryl/α,β-unsaturated/α-hetero) is 1. The Morgan fingerprint density at radius 1 is 1.59 bits per heavy atom. The van der Waals surface area contributed by atoms with E-state index in [2.05, 4.69) is 6.58 Å². The SMILES string of the molecule is C=C(C)C(O)Oc1ccc2c(c1)C(=O)CCO2. The van der Waals surface area contributed by atoms with E-state index in [1.165, 1.54) is 0 Å². The van der Waals surface area contributed by atoms with Crippen molar-refractivity contribution in [3.8, 4) is 11.5 Å². The van der Waals surface area contributed by atoms with E-state index in [0.29, 0.717) is 35.7 Å². The molecule has 1 aromatic carbocycles. The number of ketones is 1. The normalized spacial score (nSPS) is 15.8. The van der Waals surface area contributed by atoms with E-state index in [4.69, 9.17) is 9.47 Å². The summed E-state index contributed by atoms with van der Waals surface area (Å²) in [5.74, 6) is 1.03. The van der Waals surface area contributed by atoms with Crippen molar-refractivity contribution in [3.63, 3.8) is 0 Å². The Kier molecular flexibility index (Phi) is 3.15. The number of aliphatic hydroxyl groups excluding tert-OH is 1. The van der Waals surface area contributed by atoms with Crippen LogP contribution < -0.4 is 9.47 Å². The van der Waals surface area contributed by atoms with E-state index in [1.807, 2.05) is 0 Å². The smallest absolute Gasteiger partial charge is 0.219 e. The molecule has 0 aliphatic carbocycles. The molecule has 0 radical (unpaired) electrons. The summed E-state index contributed by atoms with van der Waals surface area (Å²) < 4.78 is 10.6. The quantitative estimate of drug-likeness (QED) is 0.641. The Bertz CT molecular complexity index is 464. The van der Waals surface area contributed by atoms with Crippen LogP contribution in [0.15, 0.2) is 30.4 Å². The molecule has 0 bridgehead atoms. The van der Waals surface area contributed by atoms with Crippen LogP contribution in [0.4, 0.5) is 0 Å². The maximum atomic E-state index is 11.6. The molecule has 4 nitrogen and oxygen atoms in total. The van der Waals surface area contributed by atoms with Gasteiger partial charge in [-0.1, -0.05) is 6.58 Å². The van der Waals surface area contributed by atoms with Gasteiger partial charge in [0.2, 0.25) is 6.29 Å². The first-order valence-electron chi connectivity index (χ1n) is 5.38. The number of carbonyl (C=O) groups excluding carboxylic acids is 1. The van der Waals surface area contributed by atoms with Crippen molar-refractivity contribution in [2.24, 2.45) is 0 Å². The highest BCUT2D eigenvalue weighted by atomic mass is 16.6. The minimum Gasteiger partial charge on any atom is -0.492 e. The van der Waals surface area contributed by atoms with Crippen LogP contribution in [-0.2, 0) is 0 Å². The lowest BCUT2D eigenvalue weighted by Crippen LogP contribution is -2.18. The largest absolute Gasteiger partial charge is 0.492 e. The highest BCUT2D eigenvalue weighted by Gasteiger charge is 2.19. The molecule has 0 aromatic heterocycles. The van der Waals surface area contributed by atoms with Crippen LogP contribution in [0.2, 0.25) is 0 Å². The van der Waals surface area contributed by atoms with E-state index in [-0.39, 0.29) is 5.78 Å². The maximum absolute atomic E-state index is 11.6. The Balaban J connectivity index is 2.23. The lowest BCUT2D eigenvalue weighted by Gasteiger charge is -2.18. The van der Waals surface area contributed by atoms with Crippen LogP contribution in [0, 0.1) is 0 Å². The Hall–Kier alpha value is -1.81. The van der Waals surface area contributed by atoms with Crippen LogP contribution in [0.25, 0.3) is 0 Å². The molecule has 90 valence electrons. The summed E-state index contributed by atoms with van der Waals surface area (Å²) in [6.45, 7) is 5.67. The summed E-state index contributed by atoms with van der Waals surface area (Å²) in [5.41, 5.74) is 1.01. The first-order chi connectivity index (χ1) is 8.08. The van der Waals surface area contributed by atoms with Gasteiger partial charge in [-0.3, -0.25) is 4.79 Å². The second-order valence-electron chi connectivity index (χ2n) is 4.00. The molecule has 0 amide bonds. The first kappa shape index (κ1) is 11.7. The van der Waals surface area contributed by atoms with Gasteiger partial charge >= 0.3 is 0 Å². The molecule has 2 rings (SSSR count). The average molecular weight is 234 g/mol. The van der Waals surface area contributed by atoms with Gasteiger partial charge in [-0.05, 0) is 30.7 Å². The monoisotopic (exact) mass is 234 g/mol. The van der Waals surface area contributed by atoms with Crippen molar-refractivity contribution in [2.75, 3.05) is 6.61 Å². The molecule has 1 atom stereocenters. The zero-order valence-electron chi connectivity index (χ0n) is 9.60. The number of hydrogen-bond donors (Lipinski definition) is 1. The van der Waals surface area contributed by atoms with Gasteiger partial charge in [0.25, 0.3) is 0 Å². The van der Waals surface area contributed by atoms with Gasteiger partial charge < -0.3 is 14.6 Å². The number of carbonyl (C=O) groups is 1. The van der Waals surface area contributed by atoms with E-state index >= 15 is 0 Å². The fourth-order valence-electron chi connectivity index (χ4n) is 1.54. The fourth-order valence-corrected chi connectivity index (χ4v) is 1.54. The van der Waals surface area contributed by atoms with Crippen molar-refractivity contribution in [3.05, 3.63) is 35.9 Å². The molecule has 0 saturated carbocycles.